The third-order valence-corrected chi connectivity index (χ3v) is 6.69. The zero-order valence-corrected chi connectivity index (χ0v) is 18.8. The van der Waals surface area contributed by atoms with Crippen LogP contribution in [0.3, 0.4) is 0 Å². The number of rotatable bonds is 6. The molecule has 0 bridgehead atoms. The lowest BCUT2D eigenvalue weighted by Gasteiger charge is -2.26. The fraction of sp³-hybridized carbons (Fsp3) is 0.400. The second-order valence-electron chi connectivity index (χ2n) is 9.01. The van der Waals surface area contributed by atoms with Crippen molar-refractivity contribution in [3.8, 4) is 23.4 Å². The molecule has 1 aromatic carbocycles. The minimum Gasteiger partial charge on any atom is -0.493 e. The van der Waals surface area contributed by atoms with Gasteiger partial charge in [0.25, 0.3) is 0 Å². The lowest BCUT2D eigenvalue weighted by molar-refractivity contribution is 0.332. The summed E-state index contributed by atoms with van der Waals surface area (Å²) in [6.07, 6.45) is 8.40. The average Bonchev–Trinajstić information content (AvgIpc) is 3.75. The summed E-state index contributed by atoms with van der Waals surface area (Å²) in [4.78, 5) is 4.58. The van der Waals surface area contributed by atoms with Gasteiger partial charge in [0.05, 0.1) is 29.5 Å². The van der Waals surface area contributed by atoms with E-state index in [1.165, 1.54) is 12.8 Å². The number of aromatic nitrogens is 4. The van der Waals surface area contributed by atoms with Crippen molar-refractivity contribution in [1.29, 1.82) is 5.26 Å². The first-order valence-corrected chi connectivity index (χ1v) is 11.5. The highest BCUT2D eigenvalue weighted by atomic mass is 16.5. The molecule has 168 valence electrons. The van der Waals surface area contributed by atoms with Crippen LogP contribution in [-0.4, -0.2) is 25.9 Å². The zero-order chi connectivity index (χ0) is 22.7. The Morgan fingerprint density at radius 3 is 2.73 bits per heavy atom. The van der Waals surface area contributed by atoms with Crippen molar-refractivity contribution in [2.75, 3.05) is 6.61 Å². The van der Waals surface area contributed by atoms with Gasteiger partial charge in [0.15, 0.2) is 0 Å². The molecule has 0 amide bonds. The summed E-state index contributed by atoms with van der Waals surface area (Å²) in [5.41, 5.74) is 10.5. The molecule has 33 heavy (non-hydrogen) atoms. The lowest BCUT2D eigenvalue weighted by atomic mass is 9.82. The largest absolute Gasteiger partial charge is 0.493 e. The van der Waals surface area contributed by atoms with Gasteiger partial charge in [0.1, 0.15) is 23.2 Å². The number of hydrogen-bond donors (Lipinski definition) is 1. The van der Waals surface area contributed by atoms with E-state index in [1.807, 2.05) is 38.5 Å². The fourth-order valence-corrected chi connectivity index (χ4v) is 4.84. The van der Waals surface area contributed by atoms with E-state index in [1.54, 1.807) is 4.68 Å². The number of nitriles is 1. The summed E-state index contributed by atoms with van der Waals surface area (Å²) in [5.74, 6) is 3.08. The van der Waals surface area contributed by atoms with Gasteiger partial charge < -0.3 is 19.8 Å². The molecule has 0 radical (unpaired) electrons. The Morgan fingerprint density at radius 2 is 2.03 bits per heavy atom. The first kappa shape index (κ1) is 19.9. The third kappa shape index (κ3) is 3.18. The smallest absolute Gasteiger partial charge is 0.224 e. The molecular weight excluding hydrogens is 416 g/mol. The molecule has 6 rings (SSSR count). The van der Waals surface area contributed by atoms with Crippen LogP contribution in [0.25, 0.3) is 5.69 Å². The Balaban J connectivity index is 1.52. The molecule has 1 unspecified atom stereocenters. The number of nitrogens with zero attached hydrogens (tertiary/aromatic N) is 5. The van der Waals surface area contributed by atoms with Crippen LogP contribution in [0, 0.1) is 11.3 Å². The molecule has 3 aliphatic rings. The molecule has 8 nitrogen and oxygen atoms in total. The molecule has 1 atom stereocenters. The quantitative estimate of drug-likeness (QED) is 0.619. The molecule has 3 aromatic rings. The fourth-order valence-electron chi connectivity index (χ4n) is 4.84. The van der Waals surface area contributed by atoms with Crippen LogP contribution in [0.1, 0.15) is 73.0 Å². The molecular formula is C25H26N6O2. The Bertz CT molecular complexity index is 1320. The number of aryl methyl sites for hydroxylation is 1. The molecule has 0 spiro atoms. The predicted octanol–water partition coefficient (Wildman–Crippen LogP) is 3.98. The van der Waals surface area contributed by atoms with Crippen molar-refractivity contribution in [3.05, 3.63) is 64.7 Å². The van der Waals surface area contributed by atoms with E-state index in [0.717, 1.165) is 46.9 Å². The number of hydrogen-bond acceptors (Lipinski definition) is 6. The van der Waals surface area contributed by atoms with Crippen molar-refractivity contribution in [2.24, 2.45) is 12.8 Å². The third-order valence-electron chi connectivity index (χ3n) is 6.69. The highest BCUT2D eigenvalue weighted by molar-refractivity contribution is 5.61. The Morgan fingerprint density at radius 1 is 1.24 bits per heavy atom. The van der Waals surface area contributed by atoms with E-state index >= 15 is 0 Å². The van der Waals surface area contributed by atoms with Crippen LogP contribution in [0.15, 0.2) is 42.0 Å². The standard InChI is InChI=1S/C25H26N6O2/c1-3-32-19-12-16(31-11-10-28-24(31)15-6-7-15)8-9-17(19)20-18(13-26)23(27)33-25-21(20)22(14-4-5-14)29-30(25)2/h8-12,14-15,20H,3-7,27H2,1-2H3. The molecule has 1 aliphatic heterocycles. The first-order valence-electron chi connectivity index (χ1n) is 11.5. The predicted molar refractivity (Wildman–Crippen MR) is 121 cm³/mol. The summed E-state index contributed by atoms with van der Waals surface area (Å²) in [7, 11) is 1.86. The molecule has 3 heterocycles. The number of benzene rings is 1. The highest BCUT2D eigenvalue weighted by Crippen LogP contribution is 2.52. The second-order valence-corrected chi connectivity index (χ2v) is 9.01. The average molecular weight is 443 g/mol. The molecule has 2 aliphatic carbocycles. The molecule has 2 saturated carbocycles. The van der Waals surface area contributed by atoms with Crippen molar-refractivity contribution >= 4 is 0 Å². The van der Waals surface area contributed by atoms with Crippen LogP contribution >= 0.6 is 0 Å². The van der Waals surface area contributed by atoms with E-state index in [-0.39, 0.29) is 11.8 Å². The zero-order valence-electron chi connectivity index (χ0n) is 18.8. The van der Waals surface area contributed by atoms with Crippen LogP contribution in [0.2, 0.25) is 0 Å². The van der Waals surface area contributed by atoms with E-state index in [4.69, 9.17) is 20.3 Å². The van der Waals surface area contributed by atoms with Gasteiger partial charge in [-0.1, -0.05) is 6.07 Å². The number of ether oxygens (including phenoxy) is 2. The summed E-state index contributed by atoms with van der Waals surface area (Å²) >= 11 is 0. The number of fused-ring (bicyclic) bond motifs is 1. The summed E-state index contributed by atoms with van der Waals surface area (Å²) in [5, 5.41) is 14.8. The second kappa shape index (κ2) is 7.41. The van der Waals surface area contributed by atoms with Crippen molar-refractivity contribution in [1.82, 2.24) is 19.3 Å². The van der Waals surface area contributed by atoms with Gasteiger partial charge in [0, 0.05) is 42.9 Å². The monoisotopic (exact) mass is 442 g/mol. The van der Waals surface area contributed by atoms with Crippen LogP contribution in [-0.2, 0) is 7.05 Å². The van der Waals surface area contributed by atoms with Gasteiger partial charge >= 0.3 is 0 Å². The van der Waals surface area contributed by atoms with E-state index < -0.39 is 0 Å². The van der Waals surface area contributed by atoms with Gasteiger partial charge in [0.2, 0.25) is 11.8 Å². The Labute approximate surface area is 192 Å². The summed E-state index contributed by atoms with van der Waals surface area (Å²) in [6.45, 7) is 2.48. The Kier molecular flexibility index (Phi) is 4.47. The van der Waals surface area contributed by atoms with Crippen LogP contribution in [0.5, 0.6) is 11.6 Å². The number of allylic oxidation sites excluding steroid dienone is 1. The molecule has 2 fully saturated rings. The summed E-state index contributed by atoms with van der Waals surface area (Å²) < 4.78 is 15.9. The van der Waals surface area contributed by atoms with Crippen molar-refractivity contribution in [3.63, 3.8) is 0 Å². The SMILES string of the molecule is CCOc1cc(-n2ccnc2C2CC2)ccc1C1C(C#N)=C(N)Oc2c1c(C1CC1)nn2C. The number of imidazole rings is 1. The first-order chi connectivity index (χ1) is 16.1. The van der Waals surface area contributed by atoms with Gasteiger partial charge in [-0.3, -0.25) is 0 Å². The van der Waals surface area contributed by atoms with Gasteiger partial charge in [-0.05, 0) is 38.7 Å². The molecule has 0 saturated heterocycles. The minimum absolute atomic E-state index is 0.123. The van der Waals surface area contributed by atoms with Crippen molar-refractivity contribution in [2.45, 2.75) is 50.4 Å². The Hall–Kier alpha value is -3.73. The van der Waals surface area contributed by atoms with Crippen LogP contribution < -0.4 is 15.2 Å². The molecule has 2 aromatic heterocycles. The maximum absolute atomic E-state index is 10.1. The maximum atomic E-state index is 10.1. The van der Waals surface area contributed by atoms with E-state index in [0.29, 0.717) is 29.9 Å². The number of nitrogens with two attached hydrogens (primary N) is 1. The topological polar surface area (TPSA) is 104 Å². The van der Waals surface area contributed by atoms with Gasteiger partial charge in [-0.2, -0.15) is 10.4 Å². The lowest BCUT2D eigenvalue weighted by Crippen LogP contribution is -2.22. The van der Waals surface area contributed by atoms with E-state index in [2.05, 4.69) is 21.7 Å². The normalized spacial score (nSPS) is 19.7. The summed E-state index contributed by atoms with van der Waals surface area (Å²) in [6, 6.07) is 8.46. The van der Waals surface area contributed by atoms with Gasteiger partial charge in [-0.15, -0.1) is 0 Å². The van der Waals surface area contributed by atoms with E-state index in [9.17, 15) is 5.26 Å². The molecule has 8 heteroatoms. The van der Waals surface area contributed by atoms with Crippen LogP contribution in [0.4, 0.5) is 0 Å². The highest BCUT2D eigenvalue weighted by Gasteiger charge is 2.41. The maximum Gasteiger partial charge on any atom is 0.224 e. The van der Waals surface area contributed by atoms with Gasteiger partial charge in [-0.25, -0.2) is 9.67 Å². The van der Waals surface area contributed by atoms with Crippen molar-refractivity contribution < 1.29 is 9.47 Å². The molecule has 2 N–H and O–H groups in total. The minimum atomic E-state index is -0.385.